The Kier molecular flexibility index (Phi) is 4.16. The van der Waals surface area contributed by atoms with E-state index < -0.39 is 5.60 Å². The normalized spacial score (nSPS) is 31.5. The van der Waals surface area contributed by atoms with Gasteiger partial charge in [-0.05, 0) is 45.4 Å². The molecule has 1 aliphatic rings. The summed E-state index contributed by atoms with van der Waals surface area (Å²) in [4.78, 5) is 0. The summed E-state index contributed by atoms with van der Waals surface area (Å²) >= 11 is 0. The molecule has 0 radical (unpaired) electrons. The first-order valence-electron chi connectivity index (χ1n) is 7.04. The van der Waals surface area contributed by atoms with Crippen LogP contribution in [0.25, 0.3) is 0 Å². The molecular weight excluding hydrogens is 240 g/mol. The van der Waals surface area contributed by atoms with Crippen LogP contribution in [-0.4, -0.2) is 23.4 Å². The van der Waals surface area contributed by atoms with Gasteiger partial charge in [0.1, 0.15) is 5.75 Å². The van der Waals surface area contributed by atoms with Crippen LogP contribution < -0.4 is 4.74 Å². The van der Waals surface area contributed by atoms with Crippen molar-refractivity contribution in [3.8, 4) is 5.75 Å². The van der Waals surface area contributed by atoms with Crippen molar-refractivity contribution in [2.45, 2.75) is 64.4 Å². The number of rotatable bonds is 3. The van der Waals surface area contributed by atoms with E-state index in [1.165, 1.54) is 0 Å². The Morgan fingerprint density at radius 2 is 1.89 bits per heavy atom. The van der Waals surface area contributed by atoms with Gasteiger partial charge in [-0.2, -0.15) is 0 Å². The summed E-state index contributed by atoms with van der Waals surface area (Å²) in [5.41, 5.74) is 0.112. The quantitative estimate of drug-likeness (QED) is 0.910. The molecule has 2 atom stereocenters. The van der Waals surface area contributed by atoms with Gasteiger partial charge in [0.15, 0.2) is 0 Å². The topological polar surface area (TPSA) is 38.7 Å². The van der Waals surface area contributed by atoms with Gasteiger partial charge in [0, 0.05) is 12.8 Å². The number of ether oxygens (including phenoxy) is 2. The van der Waals surface area contributed by atoms with E-state index in [0.717, 1.165) is 11.3 Å². The molecule has 1 aliphatic heterocycles. The summed E-state index contributed by atoms with van der Waals surface area (Å²) < 4.78 is 11.4. The molecule has 3 heteroatoms. The van der Waals surface area contributed by atoms with E-state index in [1.54, 1.807) is 0 Å². The van der Waals surface area contributed by atoms with E-state index >= 15 is 0 Å². The fourth-order valence-corrected chi connectivity index (χ4v) is 2.89. The van der Waals surface area contributed by atoms with Gasteiger partial charge in [0.25, 0.3) is 0 Å². The summed E-state index contributed by atoms with van der Waals surface area (Å²) in [5, 5.41) is 10.9. The summed E-state index contributed by atoms with van der Waals surface area (Å²) in [5.74, 6) is 0.813. The van der Waals surface area contributed by atoms with Crippen LogP contribution in [0.15, 0.2) is 24.3 Å². The fourth-order valence-electron chi connectivity index (χ4n) is 2.89. The highest BCUT2D eigenvalue weighted by Gasteiger charge is 2.38. The third-order valence-electron chi connectivity index (χ3n) is 3.46. The summed E-state index contributed by atoms with van der Waals surface area (Å²) in [6.07, 6.45) is 1.54. The molecule has 2 rings (SSSR count). The van der Waals surface area contributed by atoms with Crippen molar-refractivity contribution < 1.29 is 14.6 Å². The first-order valence-corrected chi connectivity index (χ1v) is 7.04. The van der Waals surface area contributed by atoms with Crippen LogP contribution in [0.4, 0.5) is 0 Å². The predicted octanol–water partition coefficient (Wildman–Crippen LogP) is 3.25. The minimum absolute atomic E-state index is 0.0726. The molecule has 1 aromatic carbocycles. The lowest BCUT2D eigenvalue weighted by molar-refractivity contribution is -0.135. The molecule has 19 heavy (non-hydrogen) atoms. The highest BCUT2D eigenvalue weighted by atomic mass is 16.5. The van der Waals surface area contributed by atoms with Crippen LogP contribution in [0.1, 0.15) is 46.1 Å². The van der Waals surface area contributed by atoms with Gasteiger partial charge in [-0.15, -0.1) is 0 Å². The van der Waals surface area contributed by atoms with Gasteiger partial charge in [0.2, 0.25) is 0 Å². The lowest BCUT2D eigenvalue weighted by atomic mass is 9.81. The monoisotopic (exact) mass is 264 g/mol. The maximum atomic E-state index is 10.9. The Morgan fingerprint density at radius 1 is 1.26 bits per heavy atom. The first kappa shape index (κ1) is 14.4. The van der Waals surface area contributed by atoms with E-state index in [0.29, 0.717) is 12.8 Å². The van der Waals surface area contributed by atoms with Gasteiger partial charge in [-0.25, -0.2) is 0 Å². The Labute approximate surface area is 115 Å². The van der Waals surface area contributed by atoms with Crippen LogP contribution in [0.3, 0.4) is 0 Å². The van der Waals surface area contributed by atoms with E-state index in [4.69, 9.17) is 9.47 Å². The molecule has 1 N–H and O–H groups in total. The molecule has 3 nitrogen and oxygen atoms in total. The van der Waals surface area contributed by atoms with Crippen molar-refractivity contribution in [1.29, 1.82) is 0 Å². The molecule has 2 unspecified atom stereocenters. The predicted molar refractivity (Wildman–Crippen MR) is 75.3 cm³/mol. The average Bonchev–Trinajstić information content (AvgIpc) is 2.26. The van der Waals surface area contributed by atoms with Crippen molar-refractivity contribution in [1.82, 2.24) is 0 Å². The number of hydrogen-bond donors (Lipinski definition) is 1. The molecule has 106 valence electrons. The van der Waals surface area contributed by atoms with Crippen LogP contribution in [0, 0.1) is 0 Å². The van der Waals surface area contributed by atoms with Gasteiger partial charge < -0.3 is 14.6 Å². The molecule has 1 heterocycles. The van der Waals surface area contributed by atoms with Crippen molar-refractivity contribution in [2.75, 3.05) is 0 Å². The maximum Gasteiger partial charge on any atom is 0.120 e. The third kappa shape index (κ3) is 3.48. The molecule has 0 aliphatic carbocycles. The van der Waals surface area contributed by atoms with Gasteiger partial charge in [-0.1, -0.05) is 12.1 Å². The molecular formula is C16H24O3. The van der Waals surface area contributed by atoms with E-state index in [-0.39, 0.29) is 18.3 Å². The molecule has 0 bridgehead atoms. The summed E-state index contributed by atoms with van der Waals surface area (Å²) in [6.45, 7) is 8.02. The second-order valence-corrected chi connectivity index (χ2v) is 5.89. The van der Waals surface area contributed by atoms with Gasteiger partial charge >= 0.3 is 0 Å². The lowest BCUT2D eigenvalue weighted by Crippen LogP contribution is -2.41. The fraction of sp³-hybridized carbons (Fsp3) is 0.625. The lowest BCUT2D eigenvalue weighted by Gasteiger charge is -2.39. The van der Waals surface area contributed by atoms with Crippen LogP contribution in [-0.2, 0) is 10.3 Å². The zero-order chi connectivity index (χ0) is 14.0. The standard InChI is InChI=1S/C16H24O3/c1-11(2)18-15-7-5-6-14(8-15)16(17)9-12(3)19-13(4)10-16/h5-8,11-13,17H,9-10H2,1-4H3. The van der Waals surface area contributed by atoms with E-state index in [1.807, 2.05) is 52.0 Å². The second kappa shape index (κ2) is 5.51. The molecule has 1 aromatic rings. The van der Waals surface area contributed by atoms with E-state index in [2.05, 4.69) is 0 Å². The third-order valence-corrected chi connectivity index (χ3v) is 3.46. The molecule has 0 amide bonds. The zero-order valence-electron chi connectivity index (χ0n) is 12.2. The largest absolute Gasteiger partial charge is 0.491 e. The molecule has 1 fully saturated rings. The van der Waals surface area contributed by atoms with Crippen LogP contribution in [0.5, 0.6) is 5.75 Å². The smallest absolute Gasteiger partial charge is 0.120 e. The Hall–Kier alpha value is -1.06. The maximum absolute atomic E-state index is 10.9. The van der Waals surface area contributed by atoms with Gasteiger partial charge in [0.05, 0.1) is 23.9 Å². The molecule has 0 aromatic heterocycles. The van der Waals surface area contributed by atoms with Crippen molar-refractivity contribution in [3.05, 3.63) is 29.8 Å². The Balaban J connectivity index is 2.24. The molecule has 0 spiro atoms. The number of hydrogen-bond acceptors (Lipinski definition) is 3. The van der Waals surface area contributed by atoms with Gasteiger partial charge in [-0.3, -0.25) is 0 Å². The zero-order valence-corrected chi connectivity index (χ0v) is 12.2. The van der Waals surface area contributed by atoms with Crippen molar-refractivity contribution in [3.63, 3.8) is 0 Å². The molecule has 0 saturated carbocycles. The van der Waals surface area contributed by atoms with Crippen molar-refractivity contribution >= 4 is 0 Å². The minimum Gasteiger partial charge on any atom is -0.491 e. The SMILES string of the molecule is CC(C)Oc1cccc(C2(O)CC(C)OC(C)C2)c1. The highest BCUT2D eigenvalue weighted by Crippen LogP contribution is 2.38. The highest BCUT2D eigenvalue weighted by molar-refractivity contribution is 5.33. The van der Waals surface area contributed by atoms with E-state index in [9.17, 15) is 5.11 Å². The first-order chi connectivity index (χ1) is 8.89. The Bertz CT molecular complexity index is 418. The number of aliphatic hydroxyl groups is 1. The van der Waals surface area contributed by atoms with Crippen LogP contribution in [0.2, 0.25) is 0 Å². The summed E-state index contributed by atoms with van der Waals surface area (Å²) in [7, 11) is 0. The average molecular weight is 264 g/mol. The molecule has 1 saturated heterocycles. The minimum atomic E-state index is -0.812. The van der Waals surface area contributed by atoms with Crippen molar-refractivity contribution in [2.24, 2.45) is 0 Å². The summed E-state index contributed by atoms with van der Waals surface area (Å²) in [6, 6.07) is 7.79. The Morgan fingerprint density at radius 3 is 2.47 bits per heavy atom. The second-order valence-electron chi connectivity index (χ2n) is 5.89. The van der Waals surface area contributed by atoms with Crippen LogP contribution >= 0.6 is 0 Å². The number of benzene rings is 1.